The van der Waals surface area contributed by atoms with E-state index in [0.717, 1.165) is 12.0 Å². The number of guanidine groups is 1. The zero-order chi connectivity index (χ0) is 19.6. The summed E-state index contributed by atoms with van der Waals surface area (Å²) in [5.74, 6) is 0.646. The van der Waals surface area contributed by atoms with Crippen molar-refractivity contribution in [3.8, 4) is 5.75 Å². The summed E-state index contributed by atoms with van der Waals surface area (Å²) >= 11 is 0. The molecule has 1 heterocycles. The van der Waals surface area contributed by atoms with Crippen LogP contribution in [-0.4, -0.2) is 47.1 Å². The highest BCUT2D eigenvalue weighted by atomic mass is 19.3. The molecule has 0 aliphatic heterocycles. The first-order valence-electron chi connectivity index (χ1n) is 8.70. The van der Waals surface area contributed by atoms with Gasteiger partial charge >= 0.3 is 6.61 Å². The van der Waals surface area contributed by atoms with Crippen LogP contribution in [0.3, 0.4) is 0 Å². The molecular formula is C18H25F2N5O2. The van der Waals surface area contributed by atoms with Gasteiger partial charge < -0.3 is 20.5 Å². The molecule has 148 valence electrons. The summed E-state index contributed by atoms with van der Waals surface area (Å²) in [6.07, 6.45) is 3.72. The quantitative estimate of drug-likeness (QED) is 0.456. The van der Waals surface area contributed by atoms with Crippen molar-refractivity contribution in [2.24, 2.45) is 12.0 Å². The summed E-state index contributed by atoms with van der Waals surface area (Å²) in [5, 5.41) is 20.7. The van der Waals surface area contributed by atoms with Crippen LogP contribution in [0, 0.1) is 0 Å². The van der Waals surface area contributed by atoms with Crippen molar-refractivity contribution in [3.63, 3.8) is 0 Å². The molecule has 2 aromatic rings. The Hall–Kier alpha value is -2.68. The molecule has 0 aliphatic carbocycles. The van der Waals surface area contributed by atoms with Gasteiger partial charge in [-0.2, -0.15) is 13.9 Å². The fraction of sp³-hybridized carbons (Fsp3) is 0.444. The molecule has 2 rings (SSSR count). The smallest absolute Gasteiger partial charge is 0.387 e. The van der Waals surface area contributed by atoms with E-state index in [1.54, 1.807) is 16.8 Å². The number of benzene rings is 1. The lowest BCUT2D eigenvalue weighted by Gasteiger charge is -2.13. The largest absolute Gasteiger partial charge is 0.435 e. The molecule has 9 heteroatoms. The number of hydrogen-bond donors (Lipinski definition) is 3. The number of aliphatic imine (C=N–C) groups is 1. The molecule has 0 fully saturated rings. The Morgan fingerprint density at radius 1 is 1.30 bits per heavy atom. The topological polar surface area (TPSA) is 83.7 Å². The van der Waals surface area contributed by atoms with Gasteiger partial charge in [0.25, 0.3) is 0 Å². The Labute approximate surface area is 157 Å². The second kappa shape index (κ2) is 10.5. The highest BCUT2D eigenvalue weighted by Crippen LogP contribution is 2.19. The molecule has 1 unspecified atom stereocenters. The zero-order valence-electron chi connectivity index (χ0n) is 15.4. The molecule has 0 bridgehead atoms. The third-order valence-corrected chi connectivity index (χ3v) is 3.72. The minimum absolute atomic E-state index is 0.0508. The van der Waals surface area contributed by atoms with E-state index in [9.17, 15) is 13.9 Å². The van der Waals surface area contributed by atoms with Crippen LogP contribution in [0.15, 0.2) is 41.7 Å². The van der Waals surface area contributed by atoms with Gasteiger partial charge in [0.15, 0.2) is 5.96 Å². The number of rotatable bonds is 9. The van der Waals surface area contributed by atoms with Crippen LogP contribution >= 0.6 is 0 Å². The van der Waals surface area contributed by atoms with Crippen LogP contribution in [0.2, 0.25) is 0 Å². The van der Waals surface area contributed by atoms with Crippen LogP contribution in [-0.2, 0) is 13.5 Å². The van der Waals surface area contributed by atoms with Crippen molar-refractivity contribution < 1.29 is 18.6 Å². The molecule has 0 saturated carbocycles. The second-order valence-electron chi connectivity index (χ2n) is 5.88. The molecule has 1 aromatic carbocycles. The number of ether oxygens (including phenoxy) is 1. The Balaban J connectivity index is 1.86. The van der Waals surface area contributed by atoms with E-state index in [4.69, 9.17) is 0 Å². The van der Waals surface area contributed by atoms with Gasteiger partial charge in [0.2, 0.25) is 0 Å². The fourth-order valence-electron chi connectivity index (χ4n) is 2.42. The average molecular weight is 381 g/mol. The molecule has 0 saturated heterocycles. The molecule has 1 aromatic heterocycles. The second-order valence-corrected chi connectivity index (χ2v) is 5.88. The number of nitrogens with one attached hydrogen (secondary N) is 2. The molecule has 3 N–H and O–H groups in total. The standard InChI is InChI=1S/C18H25F2N5O2/c1-3-21-18(22-9-8-13-10-24-25(2)12-13)23-11-16(26)14-4-6-15(7-5-14)27-17(19)20/h4-7,10,12,16-17,26H,3,8-9,11H2,1-2H3,(H2,21,22,23). The first-order chi connectivity index (χ1) is 13.0. The lowest BCUT2D eigenvalue weighted by molar-refractivity contribution is -0.0498. The predicted molar refractivity (Wildman–Crippen MR) is 98.9 cm³/mol. The van der Waals surface area contributed by atoms with Gasteiger partial charge in [0, 0.05) is 26.3 Å². The summed E-state index contributed by atoms with van der Waals surface area (Å²) < 4.78 is 30.4. The van der Waals surface area contributed by atoms with E-state index in [1.807, 2.05) is 26.4 Å². The third kappa shape index (κ3) is 7.22. The number of halogens is 2. The van der Waals surface area contributed by atoms with Gasteiger partial charge in [-0.1, -0.05) is 12.1 Å². The van der Waals surface area contributed by atoms with E-state index < -0.39 is 12.7 Å². The molecule has 0 radical (unpaired) electrons. The van der Waals surface area contributed by atoms with Gasteiger partial charge in [-0.25, -0.2) is 0 Å². The molecule has 0 aliphatic rings. The summed E-state index contributed by atoms with van der Waals surface area (Å²) in [4.78, 5) is 4.37. The van der Waals surface area contributed by atoms with E-state index in [1.165, 1.54) is 12.1 Å². The third-order valence-electron chi connectivity index (χ3n) is 3.72. The maximum absolute atomic E-state index is 12.2. The van der Waals surface area contributed by atoms with Crippen LogP contribution in [0.1, 0.15) is 24.2 Å². The predicted octanol–water partition coefficient (Wildman–Crippen LogP) is 1.85. The first kappa shape index (κ1) is 20.6. The van der Waals surface area contributed by atoms with Crippen LogP contribution in [0.4, 0.5) is 8.78 Å². The van der Waals surface area contributed by atoms with Crippen molar-refractivity contribution in [3.05, 3.63) is 47.8 Å². The summed E-state index contributed by atoms with van der Waals surface area (Å²) in [5.41, 5.74) is 1.69. The zero-order valence-corrected chi connectivity index (χ0v) is 15.4. The number of aryl methyl sites for hydroxylation is 1. The SMILES string of the molecule is CCNC(=NCC(O)c1ccc(OC(F)F)cc1)NCCc1cnn(C)c1. The normalized spacial score (nSPS) is 12.9. The van der Waals surface area contributed by atoms with Gasteiger partial charge in [-0.15, -0.1) is 0 Å². The molecule has 0 amide bonds. The van der Waals surface area contributed by atoms with Crippen molar-refractivity contribution in [1.29, 1.82) is 0 Å². The Morgan fingerprint density at radius 3 is 2.63 bits per heavy atom. The first-order valence-corrected chi connectivity index (χ1v) is 8.70. The van der Waals surface area contributed by atoms with Crippen LogP contribution < -0.4 is 15.4 Å². The van der Waals surface area contributed by atoms with Crippen molar-refractivity contribution in [2.75, 3.05) is 19.6 Å². The highest BCUT2D eigenvalue weighted by Gasteiger charge is 2.09. The monoisotopic (exact) mass is 381 g/mol. The van der Waals surface area contributed by atoms with Gasteiger partial charge in [0.05, 0.1) is 18.8 Å². The van der Waals surface area contributed by atoms with Crippen molar-refractivity contribution in [1.82, 2.24) is 20.4 Å². The fourth-order valence-corrected chi connectivity index (χ4v) is 2.42. The Morgan fingerprint density at radius 2 is 2.04 bits per heavy atom. The molecule has 0 spiro atoms. The van der Waals surface area contributed by atoms with Gasteiger partial charge in [-0.3, -0.25) is 9.67 Å². The van der Waals surface area contributed by atoms with Gasteiger partial charge in [-0.05, 0) is 36.6 Å². The number of aromatic nitrogens is 2. The molecule has 1 atom stereocenters. The highest BCUT2D eigenvalue weighted by molar-refractivity contribution is 5.79. The summed E-state index contributed by atoms with van der Waals surface area (Å²) in [6, 6.07) is 5.87. The van der Waals surface area contributed by atoms with E-state index in [2.05, 4.69) is 25.5 Å². The molecule has 7 nitrogen and oxygen atoms in total. The number of aliphatic hydroxyl groups is 1. The summed E-state index contributed by atoms with van der Waals surface area (Å²) in [6.45, 7) is 0.584. The van der Waals surface area contributed by atoms with E-state index in [0.29, 0.717) is 24.6 Å². The van der Waals surface area contributed by atoms with E-state index in [-0.39, 0.29) is 12.3 Å². The molecule has 27 heavy (non-hydrogen) atoms. The number of aliphatic hydroxyl groups excluding tert-OH is 1. The Bertz CT molecular complexity index is 719. The maximum atomic E-state index is 12.2. The minimum Gasteiger partial charge on any atom is -0.435 e. The maximum Gasteiger partial charge on any atom is 0.387 e. The lowest BCUT2D eigenvalue weighted by atomic mass is 10.1. The van der Waals surface area contributed by atoms with Crippen LogP contribution in [0.5, 0.6) is 5.75 Å². The minimum atomic E-state index is -2.87. The lowest BCUT2D eigenvalue weighted by Crippen LogP contribution is -2.38. The number of alkyl halides is 2. The van der Waals surface area contributed by atoms with Crippen molar-refractivity contribution >= 4 is 5.96 Å². The van der Waals surface area contributed by atoms with Crippen LogP contribution in [0.25, 0.3) is 0 Å². The van der Waals surface area contributed by atoms with Gasteiger partial charge in [0.1, 0.15) is 5.75 Å². The number of hydrogen-bond acceptors (Lipinski definition) is 4. The number of nitrogens with zero attached hydrogens (tertiary/aromatic N) is 3. The average Bonchev–Trinajstić information content (AvgIpc) is 3.04. The van der Waals surface area contributed by atoms with Crippen molar-refractivity contribution in [2.45, 2.75) is 26.1 Å². The summed E-state index contributed by atoms with van der Waals surface area (Å²) in [7, 11) is 1.87. The molecular weight excluding hydrogens is 356 g/mol. The van der Waals surface area contributed by atoms with E-state index >= 15 is 0 Å². The Kier molecular flexibility index (Phi) is 8.00.